The van der Waals surface area contributed by atoms with Gasteiger partial charge >= 0.3 is 69.1 Å². The molecule has 0 spiro atoms. The normalized spacial score (nSPS) is 9.33. The molecule has 44 valence electrons. The van der Waals surface area contributed by atoms with Gasteiger partial charge in [0, 0.05) is 0 Å². The number of hydrogen-bond donors (Lipinski definition) is 0. The number of aryl methyl sites for hydroxylation is 1. The molecular formula is C5H5N2OTl. The fourth-order valence-electron chi connectivity index (χ4n) is 0.622. The number of rotatable bonds is 1. The van der Waals surface area contributed by atoms with E-state index in [9.17, 15) is 4.79 Å². The molecule has 1 aromatic heterocycles. The first kappa shape index (κ1) is 6.92. The number of aromatic nitrogens is 2. The molecule has 0 unspecified atom stereocenters. The van der Waals surface area contributed by atoms with E-state index in [-0.39, 0.29) is 0 Å². The Hall–Kier alpha value is -0.198. The van der Waals surface area contributed by atoms with Gasteiger partial charge in [0.2, 0.25) is 0 Å². The third-order valence-electron chi connectivity index (χ3n) is 0.987. The van der Waals surface area contributed by atoms with Crippen molar-refractivity contribution in [1.29, 1.82) is 0 Å². The quantitative estimate of drug-likeness (QED) is 0.538. The molecule has 0 aliphatic heterocycles. The van der Waals surface area contributed by atoms with Crippen LogP contribution < -0.4 is 0 Å². The zero-order chi connectivity index (χ0) is 6.85. The fraction of sp³-hybridized carbons (Fsp3) is 0.200. The summed E-state index contributed by atoms with van der Waals surface area (Å²) in [4.78, 5) is 14.1. The Morgan fingerprint density at radius 1 is 1.89 bits per heavy atom. The van der Waals surface area contributed by atoms with Gasteiger partial charge in [-0.1, -0.05) is 0 Å². The molecule has 0 bridgehead atoms. The second-order valence-electron chi connectivity index (χ2n) is 1.77. The van der Waals surface area contributed by atoms with Crippen molar-refractivity contribution in [3.05, 3.63) is 17.7 Å². The molecule has 1 rings (SSSR count). The minimum atomic E-state index is 0.553. The van der Waals surface area contributed by atoms with Gasteiger partial charge in [-0.3, -0.25) is 0 Å². The average molecular weight is 313 g/mol. The first-order chi connectivity index (χ1) is 4.24. The van der Waals surface area contributed by atoms with Crippen LogP contribution >= 0.6 is 0 Å². The Balaban J connectivity index is 3.15. The Labute approximate surface area is 69.2 Å². The summed E-state index contributed by atoms with van der Waals surface area (Å²) in [7, 11) is 0. The molecule has 0 fully saturated rings. The van der Waals surface area contributed by atoms with Crippen molar-refractivity contribution in [2.45, 2.75) is 6.92 Å². The summed E-state index contributed by atoms with van der Waals surface area (Å²) in [5, 5.41) is 0. The van der Waals surface area contributed by atoms with Crippen LogP contribution in [0.2, 0.25) is 0 Å². The van der Waals surface area contributed by atoms with E-state index in [1.807, 2.05) is 15.5 Å². The van der Waals surface area contributed by atoms with Crippen LogP contribution in [0.25, 0.3) is 0 Å². The summed E-state index contributed by atoms with van der Waals surface area (Å²) < 4.78 is 1.86. The van der Waals surface area contributed by atoms with Crippen LogP contribution in [-0.2, 0) is 0 Å². The molecule has 0 aliphatic carbocycles. The maximum atomic E-state index is 10.2. The summed E-state index contributed by atoms with van der Waals surface area (Å²) >= 11 is 0.636. The van der Waals surface area contributed by atoms with Gasteiger partial charge in [-0.15, -0.1) is 0 Å². The van der Waals surface area contributed by atoms with Gasteiger partial charge in [-0.25, -0.2) is 0 Å². The first-order valence-corrected chi connectivity index (χ1v) is 4.51. The SMILES string of the molecule is Cc1c[n]([Tl])c(C=O)n1. The van der Waals surface area contributed by atoms with E-state index < -0.39 is 0 Å². The van der Waals surface area contributed by atoms with Crippen LogP contribution in [0, 0.1) is 6.92 Å². The van der Waals surface area contributed by atoms with E-state index in [2.05, 4.69) is 4.98 Å². The molecule has 1 heterocycles. The average Bonchev–Trinajstić information content (AvgIpc) is 2.10. The number of imidazole rings is 1. The van der Waals surface area contributed by atoms with Crippen molar-refractivity contribution < 1.29 is 4.79 Å². The first-order valence-electron chi connectivity index (χ1n) is 2.50. The molecule has 0 radical (unpaired) electrons. The molecular weight excluding hydrogens is 308 g/mol. The van der Waals surface area contributed by atoms with Crippen LogP contribution in [0.1, 0.15) is 16.3 Å². The maximum absolute atomic E-state index is 10.2. The number of aldehydes is 1. The zero-order valence-electron chi connectivity index (χ0n) is 5.03. The Morgan fingerprint density at radius 3 is 2.78 bits per heavy atom. The molecule has 0 N–H and O–H groups in total. The van der Waals surface area contributed by atoms with Crippen LogP contribution in [0.5, 0.6) is 0 Å². The Bertz CT molecular complexity index is 231. The monoisotopic (exact) mass is 314 g/mol. The van der Waals surface area contributed by atoms with Gasteiger partial charge in [0.1, 0.15) is 0 Å². The molecule has 0 saturated heterocycles. The summed E-state index contributed by atoms with van der Waals surface area (Å²) in [5.41, 5.74) is 0.916. The zero-order valence-corrected chi connectivity index (χ0v) is 9.52. The number of carbonyl (C=O) groups excluding carboxylic acids is 1. The van der Waals surface area contributed by atoms with Gasteiger partial charge in [-0.05, 0) is 0 Å². The molecule has 0 aliphatic rings. The molecule has 0 saturated carbocycles. The van der Waals surface area contributed by atoms with E-state index in [0.717, 1.165) is 12.0 Å². The van der Waals surface area contributed by atoms with Crippen molar-refractivity contribution in [2.75, 3.05) is 0 Å². The van der Waals surface area contributed by atoms with Crippen molar-refractivity contribution in [1.82, 2.24) is 7.36 Å². The van der Waals surface area contributed by atoms with Gasteiger partial charge in [0.15, 0.2) is 0 Å². The van der Waals surface area contributed by atoms with Gasteiger partial charge in [-0.2, -0.15) is 0 Å². The van der Waals surface area contributed by atoms with Crippen LogP contribution in [-0.4, -0.2) is 39.7 Å². The second-order valence-corrected chi connectivity index (χ2v) is 3.93. The van der Waals surface area contributed by atoms with Crippen molar-refractivity contribution >= 4 is 32.4 Å². The topological polar surface area (TPSA) is 34.9 Å². The van der Waals surface area contributed by atoms with Gasteiger partial charge in [0.25, 0.3) is 0 Å². The summed E-state index contributed by atoms with van der Waals surface area (Å²) in [6.07, 6.45) is 2.67. The summed E-state index contributed by atoms with van der Waals surface area (Å²) in [6, 6.07) is 0. The van der Waals surface area contributed by atoms with Crippen LogP contribution in [0.4, 0.5) is 0 Å². The third-order valence-corrected chi connectivity index (χ3v) is 2.59. The van der Waals surface area contributed by atoms with E-state index in [4.69, 9.17) is 0 Å². The minimum absolute atomic E-state index is 0.553. The molecule has 9 heavy (non-hydrogen) atoms. The molecule has 0 amide bonds. The molecule has 4 heteroatoms. The van der Waals surface area contributed by atoms with Crippen LogP contribution in [0.15, 0.2) is 6.20 Å². The van der Waals surface area contributed by atoms with Gasteiger partial charge < -0.3 is 0 Å². The molecule has 3 nitrogen and oxygen atoms in total. The molecule has 0 atom stereocenters. The molecule has 0 aromatic carbocycles. The van der Waals surface area contributed by atoms with Crippen LogP contribution in [0.3, 0.4) is 0 Å². The van der Waals surface area contributed by atoms with E-state index in [1.54, 1.807) is 0 Å². The van der Waals surface area contributed by atoms with E-state index >= 15 is 0 Å². The third kappa shape index (κ3) is 1.38. The standard InChI is InChI=1S/C5H6N2O.Tl/c1-4-2-6-5(3-8)7-4;/h2-3H,1H3,(H,6,7,8);/q;+1/p-1. The number of nitrogens with zero attached hydrogens (tertiary/aromatic N) is 2. The number of carbonyl (C=O) groups is 1. The predicted molar refractivity (Wildman–Crippen MR) is 33.5 cm³/mol. The van der Waals surface area contributed by atoms with Crippen molar-refractivity contribution in [3.63, 3.8) is 0 Å². The van der Waals surface area contributed by atoms with E-state index in [0.29, 0.717) is 31.9 Å². The second kappa shape index (κ2) is 2.59. The van der Waals surface area contributed by atoms with Crippen molar-refractivity contribution in [3.8, 4) is 0 Å². The summed E-state index contributed by atoms with van der Waals surface area (Å²) in [5.74, 6) is 0.553. The Kier molecular flexibility index (Phi) is 1.99. The summed E-state index contributed by atoms with van der Waals surface area (Å²) in [6.45, 7) is 1.88. The van der Waals surface area contributed by atoms with Gasteiger partial charge in [0.05, 0.1) is 0 Å². The molecule has 1 aromatic rings. The fourth-order valence-corrected chi connectivity index (χ4v) is 1.92. The van der Waals surface area contributed by atoms with Crippen molar-refractivity contribution in [2.24, 2.45) is 0 Å². The number of hydrogen-bond acceptors (Lipinski definition) is 2. The van der Waals surface area contributed by atoms with E-state index in [1.165, 1.54) is 0 Å². The predicted octanol–water partition coefficient (Wildman–Crippen LogP) is -0.0644. The Morgan fingerprint density at radius 2 is 2.56 bits per heavy atom.